The van der Waals surface area contributed by atoms with Crippen LogP contribution in [0.15, 0.2) is 84.9 Å². The summed E-state index contributed by atoms with van der Waals surface area (Å²) >= 11 is 0. The number of fused-ring (bicyclic) bond motifs is 2. The van der Waals surface area contributed by atoms with Crippen LogP contribution >= 0.6 is 0 Å². The van der Waals surface area contributed by atoms with E-state index in [-0.39, 0.29) is 5.92 Å². The summed E-state index contributed by atoms with van der Waals surface area (Å²) in [6, 6.07) is 31.6. The average Bonchev–Trinajstić information content (AvgIpc) is 3.51. The van der Waals surface area contributed by atoms with Crippen molar-refractivity contribution in [2.75, 3.05) is 4.90 Å². The Hall–Kier alpha value is -3.51. The topological polar surface area (TPSA) is 69.7 Å². The van der Waals surface area contributed by atoms with Gasteiger partial charge in [-0.15, -0.1) is 10.2 Å². The molecule has 6 nitrogen and oxygen atoms in total. The van der Waals surface area contributed by atoms with Crippen LogP contribution in [0, 0.1) is 0 Å². The summed E-state index contributed by atoms with van der Waals surface area (Å²) in [7, 11) is 0. The van der Waals surface area contributed by atoms with Gasteiger partial charge in [0.05, 0.1) is 0 Å². The van der Waals surface area contributed by atoms with Crippen LogP contribution in [0.4, 0.5) is 5.69 Å². The molecule has 0 aliphatic carbocycles. The summed E-state index contributed by atoms with van der Waals surface area (Å²) in [6.07, 6.45) is 4.24. The molecule has 3 heterocycles. The normalized spacial score (nSPS) is 23.8. The highest BCUT2D eigenvalue weighted by Crippen LogP contribution is 2.47. The van der Waals surface area contributed by atoms with Gasteiger partial charge >= 0.3 is 0 Å². The Morgan fingerprint density at radius 1 is 0.824 bits per heavy atom. The minimum atomic E-state index is 0.289. The minimum absolute atomic E-state index is 0.289. The summed E-state index contributed by atoms with van der Waals surface area (Å²) < 4.78 is 0. The first-order valence-corrected chi connectivity index (χ1v) is 12.3. The zero-order valence-corrected chi connectivity index (χ0v) is 19.2. The van der Waals surface area contributed by atoms with Gasteiger partial charge in [-0.05, 0) is 48.4 Å². The van der Waals surface area contributed by atoms with Gasteiger partial charge in [-0.2, -0.15) is 5.21 Å². The highest BCUT2D eigenvalue weighted by atomic mass is 15.5. The summed E-state index contributed by atoms with van der Waals surface area (Å²) in [5, 5.41) is 19.3. The van der Waals surface area contributed by atoms with Gasteiger partial charge in [-0.1, -0.05) is 84.1 Å². The Labute approximate surface area is 200 Å². The molecule has 2 aliphatic heterocycles. The number of benzene rings is 3. The van der Waals surface area contributed by atoms with Gasteiger partial charge in [0.25, 0.3) is 0 Å². The number of nitrogens with one attached hydrogen (secondary N) is 2. The second kappa shape index (κ2) is 9.39. The Balaban J connectivity index is 1.32. The van der Waals surface area contributed by atoms with E-state index in [1.54, 1.807) is 0 Å². The fourth-order valence-electron chi connectivity index (χ4n) is 5.98. The number of piperidine rings is 1. The second-order valence-corrected chi connectivity index (χ2v) is 9.50. The van der Waals surface area contributed by atoms with Gasteiger partial charge in [-0.3, -0.25) is 0 Å². The van der Waals surface area contributed by atoms with E-state index in [9.17, 15) is 0 Å². The zero-order valence-electron chi connectivity index (χ0n) is 19.2. The number of para-hydroxylation sites is 1. The molecular weight excluding hydrogens is 420 g/mol. The molecule has 2 N–H and O–H groups in total. The van der Waals surface area contributed by atoms with Gasteiger partial charge in [0.1, 0.15) is 0 Å². The number of anilines is 1. The summed E-state index contributed by atoms with van der Waals surface area (Å²) in [4.78, 5) is 2.69. The molecule has 0 spiro atoms. The Kier molecular flexibility index (Phi) is 5.81. The molecule has 0 saturated carbocycles. The number of tetrazole rings is 1. The van der Waals surface area contributed by atoms with Crippen molar-refractivity contribution in [3.05, 3.63) is 107 Å². The summed E-state index contributed by atoms with van der Waals surface area (Å²) in [5.41, 5.74) is 5.39. The maximum Gasteiger partial charge on any atom is 0.179 e. The number of aromatic nitrogens is 4. The van der Waals surface area contributed by atoms with Crippen LogP contribution in [0.25, 0.3) is 0 Å². The molecule has 34 heavy (non-hydrogen) atoms. The number of aromatic amines is 1. The first kappa shape index (κ1) is 21.1. The third-order valence-corrected chi connectivity index (χ3v) is 7.52. The van der Waals surface area contributed by atoms with Gasteiger partial charge in [-0.25, -0.2) is 0 Å². The third kappa shape index (κ3) is 4.10. The monoisotopic (exact) mass is 450 g/mol. The van der Waals surface area contributed by atoms with Gasteiger partial charge in [0.2, 0.25) is 0 Å². The number of hydrogen-bond acceptors (Lipinski definition) is 5. The lowest BCUT2D eigenvalue weighted by molar-refractivity contribution is 0.347. The molecular formula is C28H30N6. The zero-order chi connectivity index (χ0) is 22.7. The second-order valence-electron chi connectivity index (χ2n) is 9.50. The van der Waals surface area contributed by atoms with Gasteiger partial charge in [0, 0.05) is 36.3 Å². The number of rotatable bonds is 7. The predicted octanol–water partition coefficient (Wildman–Crippen LogP) is 4.47. The maximum atomic E-state index is 4.40. The largest absolute Gasteiger partial charge is 0.363 e. The minimum Gasteiger partial charge on any atom is -0.363 e. The van der Waals surface area contributed by atoms with Crippen LogP contribution in [-0.4, -0.2) is 38.7 Å². The molecule has 6 heteroatoms. The van der Waals surface area contributed by atoms with Gasteiger partial charge in [0.15, 0.2) is 5.82 Å². The van der Waals surface area contributed by atoms with E-state index in [1.165, 1.54) is 22.4 Å². The molecule has 4 atom stereocenters. The lowest BCUT2D eigenvalue weighted by atomic mass is 9.93. The van der Waals surface area contributed by atoms with Crippen molar-refractivity contribution in [3.63, 3.8) is 0 Å². The molecule has 2 bridgehead atoms. The van der Waals surface area contributed by atoms with Gasteiger partial charge < -0.3 is 10.2 Å². The molecule has 2 unspecified atom stereocenters. The van der Waals surface area contributed by atoms with Crippen LogP contribution < -0.4 is 10.2 Å². The Morgan fingerprint density at radius 3 is 2.32 bits per heavy atom. The van der Waals surface area contributed by atoms with Crippen LogP contribution in [-0.2, 0) is 13.0 Å². The van der Waals surface area contributed by atoms with Crippen LogP contribution in [0.5, 0.6) is 0 Å². The van der Waals surface area contributed by atoms with E-state index in [1.807, 2.05) is 0 Å². The number of hydrogen-bond donors (Lipinski definition) is 2. The molecule has 3 aromatic carbocycles. The van der Waals surface area contributed by atoms with Crippen LogP contribution in [0.2, 0.25) is 0 Å². The van der Waals surface area contributed by atoms with Crippen molar-refractivity contribution in [3.8, 4) is 0 Å². The standard InChI is InChI=1S/C28H30N6/c1-3-9-20(10-4-1)17-22-13-7-8-14-25(22)34-26-16-15-24(29-19-21-11-5-2-6-12-21)27(34)18-23(26)28-30-32-33-31-28/h1-14,23-24,26-27,29H,15-19H2,(H,30,31,32,33)/t23-,24?,26+,27?/m1/s1. The maximum absolute atomic E-state index is 4.40. The fourth-order valence-corrected chi connectivity index (χ4v) is 5.98. The lowest BCUT2D eigenvalue weighted by Crippen LogP contribution is -2.53. The highest BCUT2D eigenvalue weighted by Gasteiger charge is 2.50. The van der Waals surface area contributed by atoms with E-state index >= 15 is 0 Å². The van der Waals surface area contributed by atoms with E-state index in [0.29, 0.717) is 18.1 Å². The number of H-pyrrole nitrogens is 1. The van der Waals surface area contributed by atoms with Crippen molar-refractivity contribution in [1.29, 1.82) is 0 Å². The van der Waals surface area contributed by atoms with E-state index in [0.717, 1.165) is 38.1 Å². The number of nitrogens with zero attached hydrogens (tertiary/aromatic N) is 4. The smallest absolute Gasteiger partial charge is 0.179 e. The molecule has 4 aromatic rings. The van der Waals surface area contributed by atoms with E-state index < -0.39 is 0 Å². The van der Waals surface area contributed by atoms with E-state index in [2.05, 4.69) is 116 Å². The molecule has 0 radical (unpaired) electrons. The third-order valence-electron chi connectivity index (χ3n) is 7.52. The van der Waals surface area contributed by atoms with Crippen molar-refractivity contribution in [2.24, 2.45) is 0 Å². The SMILES string of the molecule is c1ccc(CNC2CC[C@H]3[C@H](c4nn[nH]n4)CC2N3c2ccccc2Cc2ccccc2)cc1. The van der Waals surface area contributed by atoms with Crippen molar-refractivity contribution < 1.29 is 0 Å². The molecule has 2 aliphatic rings. The molecule has 1 aromatic heterocycles. The first-order chi connectivity index (χ1) is 16.9. The Morgan fingerprint density at radius 2 is 1.56 bits per heavy atom. The van der Waals surface area contributed by atoms with Crippen molar-refractivity contribution >= 4 is 5.69 Å². The fraction of sp³-hybridized carbons (Fsp3) is 0.321. The summed E-state index contributed by atoms with van der Waals surface area (Å²) in [6.45, 7) is 0.888. The molecule has 2 fully saturated rings. The molecule has 2 saturated heterocycles. The van der Waals surface area contributed by atoms with Crippen molar-refractivity contribution in [2.45, 2.75) is 56.3 Å². The summed E-state index contributed by atoms with van der Waals surface area (Å²) in [5.74, 6) is 1.14. The van der Waals surface area contributed by atoms with Crippen LogP contribution in [0.3, 0.4) is 0 Å². The molecule has 0 amide bonds. The van der Waals surface area contributed by atoms with Crippen molar-refractivity contribution in [1.82, 2.24) is 25.9 Å². The quantitative estimate of drug-likeness (QED) is 0.435. The lowest BCUT2D eigenvalue weighted by Gasteiger charge is -2.43. The average molecular weight is 451 g/mol. The first-order valence-electron chi connectivity index (χ1n) is 12.3. The molecule has 172 valence electrons. The highest BCUT2D eigenvalue weighted by molar-refractivity contribution is 5.59. The van der Waals surface area contributed by atoms with Crippen LogP contribution in [0.1, 0.15) is 47.7 Å². The molecule has 6 rings (SSSR count). The van der Waals surface area contributed by atoms with E-state index in [4.69, 9.17) is 0 Å². The predicted molar refractivity (Wildman–Crippen MR) is 134 cm³/mol. The Bertz CT molecular complexity index is 1190.